The van der Waals surface area contributed by atoms with E-state index in [-0.39, 0.29) is 17.0 Å². The summed E-state index contributed by atoms with van der Waals surface area (Å²) in [5.74, 6) is -2.63. The Hall–Kier alpha value is -3.88. The summed E-state index contributed by atoms with van der Waals surface area (Å²) in [6, 6.07) is 10.5. The van der Waals surface area contributed by atoms with Gasteiger partial charge < -0.3 is 14.7 Å². The molecule has 3 rings (SSSR count). The molecule has 34 heavy (non-hydrogen) atoms. The van der Waals surface area contributed by atoms with Gasteiger partial charge in [-0.1, -0.05) is 6.07 Å². The third kappa shape index (κ3) is 5.19. The van der Waals surface area contributed by atoms with Crippen LogP contribution in [0, 0.1) is 13.8 Å². The van der Waals surface area contributed by atoms with Crippen LogP contribution < -0.4 is 9.64 Å². The third-order valence-electron chi connectivity index (χ3n) is 5.24. The van der Waals surface area contributed by atoms with Gasteiger partial charge in [0, 0.05) is 17.8 Å². The van der Waals surface area contributed by atoms with Gasteiger partial charge in [0.05, 0.1) is 11.3 Å². The van der Waals surface area contributed by atoms with Crippen LogP contribution in [0.1, 0.15) is 51.3 Å². The zero-order valence-electron chi connectivity index (χ0n) is 19.0. The van der Waals surface area contributed by atoms with Crippen LogP contribution in [0.2, 0.25) is 0 Å². The molecular weight excluding hydrogens is 449 g/mol. The van der Waals surface area contributed by atoms with E-state index in [0.29, 0.717) is 5.56 Å². The van der Waals surface area contributed by atoms with Crippen LogP contribution in [-0.4, -0.2) is 28.0 Å². The fourth-order valence-electron chi connectivity index (χ4n) is 3.40. The van der Waals surface area contributed by atoms with Crippen LogP contribution in [0.4, 0.5) is 18.9 Å². The molecule has 0 unspecified atom stereocenters. The average molecular weight is 472 g/mol. The first kappa shape index (κ1) is 24.8. The molecule has 1 amide bonds. The van der Waals surface area contributed by atoms with Crippen molar-refractivity contribution in [1.82, 2.24) is 4.98 Å². The van der Waals surface area contributed by atoms with Crippen molar-refractivity contribution in [3.63, 3.8) is 0 Å². The number of hydrogen-bond acceptors (Lipinski definition) is 4. The first-order valence-corrected chi connectivity index (χ1v) is 10.4. The highest BCUT2D eigenvalue weighted by Crippen LogP contribution is 2.37. The van der Waals surface area contributed by atoms with Gasteiger partial charge in [0.2, 0.25) is 5.88 Å². The summed E-state index contributed by atoms with van der Waals surface area (Å²) in [5.41, 5.74) is 1.00. The molecule has 1 heterocycles. The smallest absolute Gasteiger partial charge is 0.421 e. The van der Waals surface area contributed by atoms with Crippen molar-refractivity contribution in [3.8, 4) is 11.6 Å². The van der Waals surface area contributed by atoms with Gasteiger partial charge in [-0.15, -0.1) is 0 Å². The maximum atomic E-state index is 13.3. The molecular formula is C25H23F3N2O4. The molecule has 0 aliphatic heterocycles. The Bertz CT molecular complexity index is 1240. The second kappa shape index (κ2) is 9.54. The molecule has 6 nitrogen and oxygen atoms in total. The zero-order chi connectivity index (χ0) is 25.2. The lowest BCUT2D eigenvalue weighted by Gasteiger charge is -2.28. The number of aryl methyl sites for hydroxylation is 2. The molecule has 178 valence electrons. The van der Waals surface area contributed by atoms with Crippen LogP contribution in [0.5, 0.6) is 11.6 Å². The second-order valence-corrected chi connectivity index (χ2v) is 8.01. The quantitative estimate of drug-likeness (QED) is 0.458. The number of rotatable bonds is 6. The van der Waals surface area contributed by atoms with Crippen molar-refractivity contribution in [2.75, 3.05) is 4.90 Å². The molecule has 0 aliphatic rings. The van der Waals surface area contributed by atoms with Gasteiger partial charge in [0.15, 0.2) is 0 Å². The number of carbonyl (C=O) groups excluding carboxylic acids is 1. The van der Waals surface area contributed by atoms with Crippen molar-refractivity contribution in [1.29, 1.82) is 0 Å². The van der Waals surface area contributed by atoms with Crippen LogP contribution in [0.15, 0.2) is 54.7 Å². The van der Waals surface area contributed by atoms with E-state index in [0.717, 1.165) is 35.5 Å². The SMILES string of the molecule is Cc1ccc(C(=O)N(c2ccc(Oc3ncccc3C(F)(F)F)cc2C(=O)O)C(C)C)cc1C. The van der Waals surface area contributed by atoms with Gasteiger partial charge >= 0.3 is 12.1 Å². The number of aromatic carboxylic acids is 1. The van der Waals surface area contributed by atoms with E-state index in [1.165, 1.54) is 17.0 Å². The summed E-state index contributed by atoms with van der Waals surface area (Å²) in [4.78, 5) is 30.3. The van der Waals surface area contributed by atoms with Gasteiger partial charge in [0.1, 0.15) is 11.3 Å². The fourth-order valence-corrected chi connectivity index (χ4v) is 3.40. The highest BCUT2D eigenvalue weighted by Gasteiger charge is 2.35. The molecule has 0 aliphatic carbocycles. The van der Waals surface area contributed by atoms with Crippen molar-refractivity contribution in [2.24, 2.45) is 0 Å². The number of ether oxygens (including phenoxy) is 1. The van der Waals surface area contributed by atoms with E-state index < -0.39 is 35.5 Å². The summed E-state index contributed by atoms with van der Waals surface area (Å²) in [6.45, 7) is 7.25. The van der Waals surface area contributed by atoms with Gasteiger partial charge in [-0.2, -0.15) is 13.2 Å². The number of pyridine rings is 1. The second-order valence-electron chi connectivity index (χ2n) is 8.01. The van der Waals surface area contributed by atoms with Crippen molar-refractivity contribution in [3.05, 3.63) is 82.5 Å². The van der Waals surface area contributed by atoms with Crippen molar-refractivity contribution < 1.29 is 32.6 Å². The first-order valence-electron chi connectivity index (χ1n) is 10.4. The minimum atomic E-state index is -4.70. The third-order valence-corrected chi connectivity index (χ3v) is 5.24. The molecule has 0 fully saturated rings. The van der Waals surface area contributed by atoms with E-state index >= 15 is 0 Å². The van der Waals surface area contributed by atoms with Crippen molar-refractivity contribution >= 4 is 17.6 Å². The van der Waals surface area contributed by atoms with Crippen LogP contribution >= 0.6 is 0 Å². The summed E-state index contributed by atoms with van der Waals surface area (Å²) in [5, 5.41) is 9.81. The van der Waals surface area contributed by atoms with Gasteiger partial charge in [-0.25, -0.2) is 9.78 Å². The summed E-state index contributed by atoms with van der Waals surface area (Å²) >= 11 is 0. The molecule has 0 atom stereocenters. The Morgan fingerprint density at radius 1 is 1.03 bits per heavy atom. The number of nitrogens with zero attached hydrogens (tertiary/aromatic N) is 2. The fraction of sp³-hybridized carbons (Fsp3) is 0.240. The molecule has 1 aromatic heterocycles. The molecule has 9 heteroatoms. The minimum Gasteiger partial charge on any atom is -0.478 e. The topological polar surface area (TPSA) is 79.7 Å². The number of alkyl halides is 3. The largest absolute Gasteiger partial charge is 0.478 e. The average Bonchev–Trinajstić information content (AvgIpc) is 2.75. The molecule has 1 N–H and O–H groups in total. The van der Waals surface area contributed by atoms with Gasteiger partial charge in [0.25, 0.3) is 5.91 Å². The summed E-state index contributed by atoms with van der Waals surface area (Å²) in [7, 11) is 0. The standard InChI is InChI=1S/C25H23F3N2O4/c1-14(2)30(23(31)17-8-7-15(3)16(4)12-17)21-10-9-18(13-19(21)24(32)33)34-22-20(25(26,27)28)6-5-11-29-22/h5-14H,1-4H3,(H,32,33). The van der Waals surface area contributed by atoms with E-state index in [1.54, 1.807) is 32.0 Å². The van der Waals surface area contributed by atoms with Crippen LogP contribution in [-0.2, 0) is 6.18 Å². The number of carbonyl (C=O) groups is 2. The first-order chi connectivity index (χ1) is 15.9. The Kier molecular flexibility index (Phi) is 6.95. The highest BCUT2D eigenvalue weighted by molar-refractivity contribution is 6.10. The number of aromatic nitrogens is 1. The predicted octanol–water partition coefficient (Wildman–Crippen LogP) is 6.26. The lowest BCUT2D eigenvalue weighted by Crippen LogP contribution is -2.38. The normalized spacial score (nSPS) is 11.4. The lowest BCUT2D eigenvalue weighted by atomic mass is 10.0. The molecule has 0 saturated heterocycles. The Morgan fingerprint density at radius 3 is 2.32 bits per heavy atom. The van der Waals surface area contributed by atoms with Crippen LogP contribution in [0.25, 0.3) is 0 Å². The highest BCUT2D eigenvalue weighted by atomic mass is 19.4. The number of carboxylic acids is 1. The number of carboxylic acid groups (broad SMARTS) is 1. The Balaban J connectivity index is 2.04. The molecule has 0 spiro atoms. The van der Waals surface area contributed by atoms with E-state index in [2.05, 4.69) is 4.98 Å². The van der Waals surface area contributed by atoms with Gasteiger partial charge in [-0.05, 0) is 81.3 Å². The summed E-state index contributed by atoms with van der Waals surface area (Å²) < 4.78 is 45.1. The van der Waals surface area contributed by atoms with E-state index in [4.69, 9.17) is 4.74 Å². The van der Waals surface area contributed by atoms with E-state index in [1.807, 2.05) is 13.8 Å². The Labute approximate surface area is 194 Å². The maximum Gasteiger partial charge on any atom is 0.421 e. The molecule has 0 saturated carbocycles. The summed E-state index contributed by atoms with van der Waals surface area (Å²) in [6.07, 6.45) is -3.56. The number of amides is 1. The number of halogens is 3. The minimum absolute atomic E-state index is 0.0927. The molecule has 3 aromatic rings. The molecule has 0 bridgehead atoms. The van der Waals surface area contributed by atoms with Gasteiger partial charge in [-0.3, -0.25) is 4.79 Å². The zero-order valence-corrected chi connectivity index (χ0v) is 19.0. The number of anilines is 1. The van der Waals surface area contributed by atoms with Crippen molar-refractivity contribution in [2.45, 2.75) is 39.9 Å². The van der Waals surface area contributed by atoms with Crippen LogP contribution in [0.3, 0.4) is 0 Å². The number of hydrogen-bond donors (Lipinski definition) is 1. The lowest BCUT2D eigenvalue weighted by molar-refractivity contribution is -0.138. The van der Waals surface area contributed by atoms with E-state index in [9.17, 15) is 27.9 Å². The molecule has 0 radical (unpaired) electrons. The predicted molar refractivity (Wildman–Crippen MR) is 121 cm³/mol. The monoisotopic (exact) mass is 472 g/mol. The molecule has 2 aromatic carbocycles. The Morgan fingerprint density at radius 2 is 1.74 bits per heavy atom. The maximum absolute atomic E-state index is 13.3. The number of benzene rings is 2.